The number of ether oxygens (including phenoxy) is 1. The Morgan fingerprint density at radius 2 is 2.00 bits per heavy atom. The third-order valence-corrected chi connectivity index (χ3v) is 4.39. The number of carboxylic acids is 1. The summed E-state index contributed by atoms with van der Waals surface area (Å²) in [7, 11) is 0. The van der Waals surface area contributed by atoms with Crippen LogP contribution >= 0.6 is 11.6 Å². The Morgan fingerprint density at radius 1 is 1.25 bits per heavy atom. The Kier molecular flexibility index (Phi) is 4.25. The van der Waals surface area contributed by atoms with E-state index in [1.165, 1.54) is 0 Å². The molecule has 2 atom stereocenters. The molecule has 24 heavy (non-hydrogen) atoms. The van der Waals surface area contributed by atoms with Crippen LogP contribution in [-0.2, 0) is 0 Å². The van der Waals surface area contributed by atoms with E-state index in [9.17, 15) is 4.79 Å². The van der Waals surface area contributed by atoms with E-state index in [-0.39, 0.29) is 11.8 Å². The van der Waals surface area contributed by atoms with E-state index in [2.05, 4.69) is 0 Å². The standard InChI is InChI=1S/C18H19ClN2O3/c1-18(20,21)24-12-5-6-13(16(19)8-12)15-9-14(15)10-3-2-4-11(7-10)17(22)23/h2-8,14-15H,9,20-21H2,1H3,(H,22,23)/t14-,15-/m1/s1. The van der Waals surface area contributed by atoms with Crippen molar-refractivity contribution in [2.45, 2.75) is 31.0 Å². The minimum Gasteiger partial charge on any atom is -0.478 e. The van der Waals surface area contributed by atoms with E-state index in [0.717, 1.165) is 17.5 Å². The van der Waals surface area contributed by atoms with E-state index < -0.39 is 11.8 Å². The lowest BCUT2D eigenvalue weighted by Crippen LogP contribution is -2.51. The van der Waals surface area contributed by atoms with E-state index in [1.807, 2.05) is 12.1 Å². The first kappa shape index (κ1) is 16.8. The molecule has 5 nitrogen and oxygen atoms in total. The zero-order valence-corrected chi connectivity index (χ0v) is 14.0. The lowest BCUT2D eigenvalue weighted by atomic mass is 10.0. The smallest absolute Gasteiger partial charge is 0.335 e. The van der Waals surface area contributed by atoms with Gasteiger partial charge >= 0.3 is 5.97 Å². The second-order valence-corrected chi connectivity index (χ2v) is 6.76. The Morgan fingerprint density at radius 3 is 2.62 bits per heavy atom. The molecule has 0 aromatic heterocycles. The fourth-order valence-electron chi connectivity index (χ4n) is 2.94. The normalized spacial score (nSPS) is 19.8. The summed E-state index contributed by atoms with van der Waals surface area (Å²) in [5, 5.41) is 9.70. The first-order valence-corrected chi connectivity index (χ1v) is 8.02. The van der Waals surface area contributed by atoms with Crippen LogP contribution in [0.15, 0.2) is 42.5 Å². The maximum Gasteiger partial charge on any atom is 0.335 e. The summed E-state index contributed by atoms with van der Waals surface area (Å²) in [6.45, 7) is 1.56. The van der Waals surface area contributed by atoms with Gasteiger partial charge in [-0.15, -0.1) is 0 Å². The number of benzene rings is 2. The third kappa shape index (κ3) is 3.70. The van der Waals surface area contributed by atoms with E-state index in [4.69, 9.17) is 32.9 Å². The van der Waals surface area contributed by atoms with Crippen molar-refractivity contribution in [3.8, 4) is 5.75 Å². The summed E-state index contributed by atoms with van der Waals surface area (Å²) in [6.07, 6.45) is 0.939. The lowest BCUT2D eigenvalue weighted by Gasteiger charge is -2.21. The van der Waals surface area contributed by atoms with Crippen molar-refractivity contribution >= 4 is 17.6 Å². The average Bonchev–Trinajstić information content (AvgIpc) is 3.26. The average molecular weight is 347 g/mol. The predicted molar refractivity (Wildman–Crippen MR) is 92.4 cm³/mol. The highest BCUT2D eigenvalue weighted by Gasteiger charge is 2.40. The molecule has 1 saturated carbocycles. The minimum absolute atomic E-state index is 0.276. The third-order valence-electron chi connectivity index (χ3n) is 4.06. The van der Waals surface area contributed by atoms with Gasteiger partial charge in [0.05, 0.1) is 5.56 Å². The van der Waals surface area contributed by atoms with Gasteiger partial charge in [0, 0.05) is 11.9 Å². The van der Waals surface area contributed by atoms with Crippen molar-refractivity contribution in [2.24, 2.45) is 11.5 Å². The van der Waals surface area contributed by atoms with Gasteiger partial charge in [-0.05, 0) is 53.6 Å². The van der Waals surface area contributed by atoms with Gasteiger partial charge in [0.2, 0.25) is 5.85 Å². The van der Waals surface area contributed by atoms with Gasteiger partial charge in [-0.25, -0.2) is 4.79 Å². The van der Waals surface area contributed by atoms with Crippen LogP contribution in [0.3, 0.4) is 0 Å². The highest BCUT2D eigenvalue weighted by atomic mass is 35.5. The fraction of sp³-hybridized carbons (Fsp3) is 0.278. The van der Waals surface area contributed by atoms with Crippen molar-refractivity contribution in [3.05, 3.63) is 64.2 Å². The van der Waals surface area contributed by atoms with Crippen molar-refractivity contribution < 1.29 is 14.6 Å². The molecule has 0 radical (unpaired) electrons. The monoisotopic (exact) mass is 346 g/mol. The van der Waals surface area contributed by atoms with Gasteiger partial charge in [-0.3, -0.25) is 11.5 Å². The quantitative estimate of drug-likeness (QED) is 0.721. The van der Waals surface area contributed by atoms with Gasteiger partial charge in [0.1, 0.15) is 5.75 Å². The molecule has 6 heteroatoms. The van der Waals surface area contributed by atoms with Crippen LogP contribution in [0.1, 0.15) is 46.7 Å². The molecule has 5 N–H and O–H groups in total. The molecule has 0 unspecified atom stereocenters. The molecule has 126 valence electrons. The van der Waals surface area contributed by atoms with Crippen LogP contribution in [-0.4, -0.2) is 16.9 Å². The second kappa shape index (κ2) is 6.09. The number of hydrogen-bond acceptors (Lipinski definition) is 4. The zero-order chi connectivity index (χ0) is 17.5. The summed E-state index contributed by atoms with van der Waals surface area (Å²) in [5.74, 6) is -1.10. The zero-order valence-electron chi connectivity index (χ0n) is 13.2. The van der Waals surface area contributed by atoms with Crippen LogP contribution in [0.4, 0.5) is 0 Å². The topological polar surface area (TPSA) is 98.6 Å². The number of aromatic carboxylic acids is 1. The SMILES string of the molecule is CC(N)(N)Oc1ccc([C@H]2C[C@@H]2c2cccc(C(=O)O)c2)c(Cl)c1. The summed E-state index contributed by atoms with van der Waals surface area (Å²) in [4.78, 5) is 11.1. The van der Waals surface area contributed by atoms with Gasteiger partial charge in [0.25, 0.3) is 0 Å². The maximum absolute atomic E-state index is 11.1. The van der Waals surface area contributed by atoms with Crippen LogP contribution in [0.2, 0.25) is 5.02 Å². The van der Waals surface area contributed by atoms with E-state index >= 15 is 0 Å². The Bertz CT molecular complexity index is 786. The van der Waals surface area contributed by atoms with Gasteiger partial charge < -0.3 is 9.84 Å². The van der Waals surface area contributed by atoms with Crippen molar-refractivity contribution in [1.29, 1.82) is 0 Å². The Labute approximate surface area is 145 Å². The summed E-state index contributed by atoms with van der Waals surface area (Å²) in [5.41, 5.74) is 13.6. The molecule has 1 aliphatic carbocycles. The molecule has 3 rings (SSSR count). The number of halogens is 1. The molecule has 2 aromatic carbocycles. The first-order valence-electron chi connectivity index (χ1n) is 7.64. The van der Waals surface area contributed by atoms with Gasteiger partial charge in [0.15, 0.2) is 0 Å². The molecule has 1 fully saturated rings. The van der Waals surface area contributed by atoms with E-state index in [0.29, 0.717) is 16.3 Å². The molecule has 0 heterocycles. The molecule has 0 saturated heterocycles. The summed E-state index contributed by atoms with van der Waals surface area (Å²) < 4.78 is 5.40. The molecule has 0 amide bonds. The molecule has 0 spiro atoms. The summed E-state index contributed by atoms with van der Waals surface area (Å²) in [6, 6.07) is 12.5. The number of hydrogen-bond donors (Lipinski definition) is 3. The molecule has 2 aromatic rings. The number of carboxylic acid groups (broad SMARTS) is 1. The maximum atomic E-state index is 11.1. The van der Waals surface area contributed by atoms with Gasteiger partial charge in [-0.1, -0.05) is 29.8 Å². The van der Waals surface area contributed by atoms with Crippen LogP contribution in [0, 0.1) is 0 Å². The molecule has 0 bridgehead atoms. The second-order valence-electron chi connectivity index (χ2n) is 6.35. The van der Waals surface area contributed by atoms with Crippen LogP contribution in [0.25, 0.3) is 0 Å². The van der Waals surface area contributed by atoms with Crippen LogP contribution in [0.5, 0.6) is 5.75 Å². The Balaban J connectivity index is 1.78. The van der Waals surface area contributed by atoms with Crippen LogP contribution < -0.4 is 16.2 Å². The van der Waals surface area contributed by atoms with Crippen molar-refractivity contribution in [1.82, 2.24) is 0 Å². The summed E-state index contributed by atoms with van der Waals surface area (Å²) >= 11 is 6.37. The first-order chi connectivity index (χ1) is 11.2. The van der Waals surface area contributed by atoms with Crippen molar-refractivity contribution in [2.75, 3.05) is 0 Å². The van der Waals surface area contributed by atoms with Crippen molar-refractivity contribution in [3.63, 3.8) is 0 Å². The highest BCUT2D eigenvalue weighted by Crippen LogP contribution is 2.56. The Hall–Kier alpha value is -2.08. The molecule has 0 aliphatic heterocycles. The highest BCUT2D eigenvalue weighted by molar-refractivity contribution is 6.31. The number of rotatable bonds is 5. The molecular formula is C18H19ClN2O3. The minimum atomic E-state index is -1.26. The van der Waals surface area contributed by atoms with Gasteiger partial charge in [-0.2, -0.15) is 0 Å². The lowest BCUT2D eigenvalue weighted by molar-refractivity contribution is 0.0696. The molecule has 1 aliphatic rings. The fourth-order valence-corrected chi connectivity index (χ4v) is 3.25. The molecular weight excluding hydrogens is 328 g/mol. The van der Waals surface area contributed by atoms with E-state index in [1.54, 1.807) is 37.3 Å². The largest absolute Gasteiger partial charge is 0.478 e. The number of carbonyl (C=O) groups is 1. The number of nitrogens with two attached hydrogens (primary N) is 2. The predicted octanol–water partition coefficient (Wildman–Crippen LogP) is 3.28.